The molecule has 0 spiro atoms. The Morgan fingerprint density at radius 2 is 2.44 bits per heavy atom. The average molecular weight is 244 g/mol. The van der Waals surface area contributed by atoms with Crippen LogP contribution < -0.4 is 0 Å². The number of aliphatic hydroxyl groups is 1. The highest BCUT2D eigenvalue weighted by Crippen LogP contribution is 2.18. The zero-order chi connectivity index (χ0) is 12.0. The van der Waals surface area contributed by atoms with Gasteiger partial charge in [0.25, 0.3) is 0 Å². The molecule has 0 aromatic carbocycles. The smallest absolute Gasteiger partial charge is 0.305 e. The maximum atomic E-state index is 10.9. The number of hydrogen-bond acceptors (Lipinski definition) is 5. The fourth-order valence-electron chi connectivity index (χ4n) is 1.19. The summed E-state index contributed by atoms with van der Waals surface area (Å²) in [7, 11) is 3.25. The number of ether oxygens (including phenoxy) is 1. The molecule has 6 heteroatoms. The Labute approximate surface area is 98.8 Å². The van der Waals surface area contributed by atoms with E-state index in [4.69, 9.17) is 5.11 Å². The van der Waals surface area contributed by atoms with Crippen LogP contribution in [0.3, 0.4) is 0 Å². The second-order valence-electron chi connectivity index (χ2n) is 3.28. The number of thioether (sulfide) groups is 1. The van der Waals surface area contributed by atoms with E-state index in [0.29, 0.717) is 6.42 Å². The third-order valence-corrected chi connectivity index (χ3v) is 3.32. The van der Waals surface area contributed by atoms with E-state index in [9.17, 15) is 4.79 Å². The molecule has 16 heavy (non-hydrogen) atoms. The largest absolute Gasteiger partial charge is 0.469 e. The van der Waals surface area contributed by atoms with Gasteiger partial charge in [-0.1, -0.05) is 11.8 Å². The van der Waals surface area contributed by atoms with Crippen molar-refractivity contribution in [2.45, 2.75) is 24.6 Å². The lowest BCUT2D eigenvalue weighted by molar-refractivity contribution is -0.140. The fraction of sp³-hybridized carbons (Fsp3) is 0.600. The van der Waals surface area contributed by atoms with E-state index in [1.807, 2.05) is 11.6 Å². The lowest BCUT2D eigenvalue weighted by Gasteiger charge is -2.03. The molecule has 0 fully saturated rings. The highest BCUT2D eigenvalue weighted by atomic mass is 32.2. The Morgan fingerprint density at radius 1 is 1.69 bits per heavy atom. The van der Waals surface area contributed by atoms with E-state index in [1.165, 1.54) is 7.11 Å². The Hall–Kier alpha value is -1.01. The fourth-order valence-corrected chi connectivity index (χ4v) is 2.10. The molecule has 0 unspecified atom stereocenters. The van der Waals surface area contributed by atoms with E-state index in [0.717, 1.165) is 23.0 Å². The van der Waals surface area contributed by atoms with Crippen molar-refractivity contribution in [2.24, 2.45) is 7.05 Å². The standard InChI is InChI=1S/C10H16N2O3S/c1-12-8(7-13)6-11-10(12)16-5-3-4-9(14)15-2/h6,13H,3-5,7H2,1-2H3. The molecule has 1 aromatic rings. The number of aromatic nitrogens is 2. The number of rotatable bonds is 6. The number of hydrogen-bond donors (Lipinski definition) is 1. The van der Waals surface area contributed by atoms with Crippen LogP contribution >= 0.6 is 11.8 Å². The molecule has 0 saturated heterocycles. The molecule has 1 aromatic heterocycles. The Kier molecular flexibility index (Phi) is 5.34. The van der Waals surface area contributed by atoms with Gasteiger partial charge in [0.15, 0.2) is 5.16 Å². The van der Waals surface area contributed by atoms with Crippen LogP contribution in [0.4, 0.5) is 0 Å². The SMILES string of the molecule is COC(=O)CCCSc1ncc(CO)n1C. The predicted octanol–water partition coefficient (Wildman–Crippen LogP) is 0.958. The van der Waals surface area contributed by atoms with Gasteiger partial charge in [0.05, 0.1) is 25.6 Å². The van der Waals surface area contributed by atoms with Gasteiger partial charge in [-0.05, 0) is 6.42 Å². The Bertz CT molecular complexity index is 352. The van der Waals surface area contributed by atoms with Crippen molar-refractivity contribution >= 4 is 17.7 Å². The van der Waals surface area contributed by atoms with E-state index in [1.54, 1.807) is 18.0 Å². The number of imidazole rings is 1. The monoisotopic (exact) mass is 244 g/mol. The van der Waals surface area contributed by atoms with Crippen LogP contribution in [0.5, 0.6) is 0 Å². The minimum absolute atomic E-state index is 0.00772. The average Bonchev–Trinajstić information content (AvgIpc) is 2.65. The van der Waals surface area contributed by atoms with E-state index < -0.39 is 0 Å². The molecule has 5 nitrogen and oxygen atoms in total. The van der Waals surface area contributed by atoms with Crippen LogP contribution in [-0.2, 0) is 23.2 Å². The second-order valence-corrected chi connectivity index (χ2v) is 4.34. The van der Waals surface area contributed by atoms with E-state index in [-0.39, 0.29) is 12.6 Å². The zero-order valence-electron chi connectivity index (χ0n) is 9.47. The molecule has 1 N–H and O–H groups in total. The first-order valence-electron chi connectivity index (χ1n) is 5.00. The summed E-state index contributed by atoms with van der Waals surface area (Å²) >= 11 is 1.57. The van der Waals surface area contributed by atoms with Gasteiger partial charge in [-0.3, -0.25) is 4.79 Å². The first-order chi connectivity index (χ1) is 7.69. The van der Waals surface area contributed by atoms with Crippen LogP contribution in [0, 0.1) is 0 Å². The van der Waals surface area contributed by atoms with Crippen LogP contribution in [0.25, 0.3) is 0 Å². The van der Waals surface area contributed by atoms with Crippen molar-refractivity contribution in [3.63, 3.8) is 0 Å². The summed E-state index contributed by atoms with van der Waals surface area (Å²) in [6.07, 6.45) is 2.85. The predicted molar refractivity (Wildman–Crippen MR) is 61.1 cm³/mol. The highest BCUT2D eigenvalue weighted by molar-refractivity contribution is 7.99. The summed E-state index contributed by atoms with van der Waals surface area (Å²) < 4.78 is 6.40. The molecule has 1 rings (SSSR count). The molecular weight excluding hydrogens is 228 g/mol. The molecular formula is C10H16N2O3S. The van der Waals surface area contributed by atoms with Gasteiger partial charge in [-0.25, -0.2) is 4.98 Å². The lowest BCUT2D eigenvalue weighted by atomic mass is 10.3. The third-order valence-electron chi connectivity index (χ3n) is 2.19. The molecule has 1 heterocycles. The number of nitrogens with zero attached hydrogens (tertiary/aromatic N) is 2. The zero-order valence-corrected chi connectivity index (χ0v) is 10.3. The first-order valence-corrected chi connectivity index (χ1v) is 5.98. The molecule has 0 bridgehead atoms. The molecule has 0 aliphatic heterocycles. The van der Waals surface area contributed by atoms with Crippen molar-refractivity contribution < 1.29 is 14.6 Å². The van der Waals surface area contributed by atoms with Gasteiger partial charge >= 0.3 is 5.97 Å². The minimum atomic E-state index is -0.184. The molecule has 0 aliphatic carbocycles. The molecule has 0 saturated carbocycles. The Morgan fingerprint density at radius 3 is 3.00 bits per heavy atom. The van der Waals surface area contributed by atoms with Crippen molar-refractivity contribution in [1.82, 2.24) is 9.55 Å². The van der Waals surface area contributed by atoms with Gasteiger partial charge < -0.3 is 14.4 Å². The molecule has 0 atom stereocenters. The maximum Gasteiger partial charge on any atom is 0.305 e. The second kappa shape index (κ2) is 6.55. The summed E-state index contributed by atoms with van der Waals surface area (Å²) in [6, 6.07) is 0. The molecule has 0 amide bonds. The maximum absolute atomic E-state index is 10.9. The van der Waals surface area contributed by atoms with Gasteiger partial charge in [-0.15, -0.1) is 0 Å². The van der Waals surface area contributed by atoms with Crippen LogP contribution in [0.15, 0.2) is 11.4 Å². The quantitative estimate of drug-likeness (QED) is 0.458. The van der Waals surface area contributed by atoms with Gasteiger partial charge in [-0.2, -0.15) is 0 Å². The van der Waals surface area contributed by atoms with Crippen LogP contribution in [-0.4, -0.2) is 33.5 Å². The third kappa shape index (κ3) is 3.53. The van der Waals surface area contributed by atoms with Gasteiger partial charge in [0, 0.05) is 19.2 Å². The molecule has 0 aliphatic rings. The van der Waals surface area contributed by atoms with Crippen molar-refractivity contribution in [1.29, 1.82) is 0 Å². The number of carbonyl (C=O) groups excluding carboxylic acids is 1. The topological polar surface area (TPSA) is 64.3 Å². The number of carbonyl (C=O) groups is 1. The Balaban J connectivity index is 2.32. The van der Waals surface area contributed by atoms with Crippen LogP contribution in [0.2, 0.25) is 0 Å². The van der Waals surface area contributed by atoms with E-state index in [2.05, 4.69) is 9.72 Å². The van der Waals surface area contributed by atoms with Crippen molar-refractivity contribution in [3.8, 4) is 0 Å². The number of methoxy groups -OCH3 is 1. The normalized spacial score (nSPS) is 10.4. The van der Waals surface area contributed by atoms with Crippen molar-refractivity contribution in [3.05, 3.63) is 11.9 Å². The summed E-state index contributed by atoms with van der Waals surface area (Å²) in [5.41, 5.74) is 0.787. The minimum Gasteiger partial charge on any atom is -0.469 e. The summed E-state index contributed by atoms with van der Waals surface area (Å²) in [6.45, 7) is -0.00772. The summed E-state index contributed by atoms with van der Waals surface area (Å²) in [4.78, 5) is 15.0. The molecule has 90 valence electrons. The van der Waals surface area contributed by atoms with Crippen LogP contribution in [0.1, 0.15) is 18.5 Å². The molecule has 0 radical (unpaired) electrons. The van der Waals surface area contributed by atoms with E-state index >= 15 is 0 Å². The number of esters is 1. The van der Waals surface area contributed by atoms with Crippen molar-refractivity contribution in [2.75, 3.05) is 12.9 Å². The lowest BCUT2D eigenvalue weighted by Crippen LogP contribution is -2.01. The number of aliphatic hydroxyl groups excluding tert-OH is 1. The van der Waals surface area contributed by atoms with Gasteiger partial charge in [0.2, 0.25) is 0 Å². The summed E-state index contributed by atoms with van der Waals surface area (Å²) in [5.74, 6) is 0.627. The summed E-state index contributed by atoms with van der Waals surface area (Å²) in [5, 5.41) is 9.83. The highest BCUT2D eigenvalue weighted by Gasteiger charge is 2.06. The first kappa shape index (κ1) is 13.1. The van der Waals surface area contributed by atoms with Gasteiger partial charge in [0.1, 0.15) is 0 Å².